The van der Waals surface area contributed by atoms with E-state index in [-0.39, 0.29) is 4.83 Å². The highest BCUT2D eigenvalue weighted by atomic mass is 79.9. The van der Waals surface area contributed by atoms with Gasteiger partial charge in [0.05, 0.1) is 11.1 Å². The fourth-order valence-corrected chi connectivity index (χ4v) is 3.17. The van der Waals surface area contributed by atoms with Crippen LogP contribution in [0.25, 0.3) is 10.8 Å². The summed E-state index contributed by atoms with van der Waals surface area (Å²) < 4.78 is 5.39. The Balaban J connectivity index is 2.18. The van der Waals surface area contributed by atoms with Crippen molar-refractivity contribution in [2.24, 2.45) is 0 Å². The summed E-state index contributed by atoms with van der Waals surface area (Å²) >= 11 is 3.79. The van der Waals surface area contributed by atoms with E-state index in [1.807, 2.05) is 13.0 Å². The molecule has 2 aromatic carbocycles. The molecule has 1 atom stereocenters. The lowest BCUT2D eigenvalue weighted by atomic mass is 9.99. The Morgan fingerprint density at radius 1 is 0.944 bits per heavy atom. The average Bonchev–Trinajstić information content (AvgIpc) is 2.83. The maximum atomic E-state index is 5.39. The highest BCUT2D eigenvalue weighted by molar-refractivity contribution is 9.09. The van der Waals surface area contributed by atoms with Gasteiger partial charge in [-0.1, -0.05) is 58.4 Å². The Labute approximate surface area is 115 Å². The summed E-state index contributed by atoms with van der Waals surface area (Å²) in [5.74, 6) is 0.963. The highest BCUT2D eigenvalue weighted by Crippen LogP contribution is 2.36. The monoisotopic (exact) mass is 300 g/mol. The third-order valence-corrected chi connectivity index (χ3v) is 4.25. The van der Waals surface area contributed by atoms with Gasteiger partial charge in [-0.05, 0) is 29.3 Å². The van der Waals surface area contributed by atoms with Crippen molar-refractivity contribution in [3.63, 3.8) is 0 Å². The van der Waals surface area contributed by atoms with Crippen LogP contribution in [0.2, 0.25) is 0 Å². The Bertz CT molecular complexity index is 679. The van der Waals surface area contributed by atoms with Gasteiger partial charge in [-0.15, -0.1) is 0 Å². The first-order chi connectivity index (χ1) is 8.77. The molecule has 2 heteroatoms. The van der Waals surface area contributed by atoms with E-state index in [1.165, 1.54) is 21.9 Å². The van der Waals surface area contributed by atoms with Gasteiger partial charge in [0.15, 0.2) is 0 Å². The number of furan rings is 1. The quantitative estimate of drug-likeness (QED) is 0.591. The van der Waals surface area contributed by atoms with E-state index in [4.69, 9.17) is 4.42 Å². The Morgan fingerprint density at radius 2 is 1.72 bits per heavy atom. The molecule has 0 saturated heterocycles. The van der Waals surface area contributed by atoms with Crippen LogP contribution >= 0.6 is 15.9 Å². The van der Waals surface area contributed by atoms with Gasteiger partial charge < -0.3 is 4.42 Å². The van der Waals surface area contributed by atoms with Crippen molar-refractivity contribution in [2.45, 2.75) is 11.8 Å². The molecule has 1 aromatic heterocycles. The smallest absolute Gasteiger partial charge is 0.105 e. The van der Waals surface area contributed by atoms with Crippen LogP contribution < -0.4 is 0 Å². The summed E-state index contributed by atoms with van der Waals surface area (Å²) in [6.45, 7) is 1.99. The fraction of sp³-hybridized carbons (Fsp3) is 0.125. The zero-order valence-electron chi connectivity index (χ0n) is 10.1. The fourth-order valence-electron chi connectivity index (χ4n) is 2.30. The Morgan fingerprint density at radius 3 is 2.50 bits per heavy atom. The number of benzene rings is 2. The van der Waals surface area contributed by atoms with E-state index in [0.29, 0.717) is 0 Å². The van der Waals surface area contributed by atoms with Crippen LogP contribution in [-0.4, -0.2) is 0 Å². The molecule has 0 bridgehead atoms. The number of rotatable bonds is 2. The average molecular weight is 301 g/mol. The number of hydrogen-bond donors (Lipinski definition) is 0. The van der Waals surface area contributed by atoms with E-state index >= 15 is 0 Å². The van der Waals surface area contributed by atoms with Gasteiger partial charge >= 0.3 is 0 Å². The topological polar surface area (TPSA) is 13.1 Å². The SMILES string of the molecule is Cc1occc1C(Br)c1cccc2ccccc12. The molecule has 0 amide bonds. The molecular weight excluding hydrogens is 288 g/mol. The van der Waals surface area contributed by atoms with Crippen LogP contribution in [0.15, 0.2) is 59.2 Å². The van der Waals surface area contributed by atoms with Gasteiger partial charge in [0.25, 0.3) is 0 Å². The van der Waals surface area contributed by atoms with Crippen molar-refractivity contribution in [3.8, 4) is 0 Å². The third kappa shape index (κ3) is 1.87. The molecule has 3 aromatic rings. The molecule has 0 N–H and O–H groups in total. The second-order valence-electron chi connectivity index (χ2n) is 4.36. The zero-order chi connectivity index (χ0) is 12.5. The molecule has 0 saturated carbocycles. The van der Waals surface area contributed by atoms with Crippen molar-refractivity contribution < 1.29 is 4.42 Å². The van der Waals surface area contributed by atoms with E-state index < -0.39 is 0 Å². The molecule has 0 fully saturated rings. The van der Waals surface area contributed by atoms with E-state index in [2.05, 4.69) is 58.4 Å². The Kier molecular flexibility index (Phi) is 2.96. The lowest BCUT2D eigenvalue weighted by Crippen LogP contribution is -1.94. The molecule has 0 aliphatic heterocycles. The van der Waals surface area contributed by atoms with Crippen LogP contribution in [0.1, 0.15) is 21.7 Å². The third-order valence-electron chi connectivity index (χ3n) is 3.27. The standard InChI is InChI=1S/C16H13BrO/c1-11-13(9-10-18-11)16(17)15-8-4-6-12-5-2-3-7-14(12)15/h2-10,16H,1H3. The van der Waals surface area contributed by atoms with Gasteiger partial charge in [0, 0.05) is 5.56 Å². The Hall–Kier alpha value is -1.54. The summed E-state index contributed by atoms with van der Waals surface area (Å²) in [5, 5.41) is 2.54. The van der Waals surface area contributed by atoms with Crippen molar-refractivity contribution in [3.05, 3.63) is 71.7 Å². The largest absolute Gasteiger partial charge is 0.469 e. The summed E-state index contributed by atoms with van der Waals surface area (Å²) in [5.41, 5.74) is 2.46. The minimum Gasteiger partial charge on any atom is -0.469 e. The summed E-state index contributed by atoms with van der Waals surface area (Å²) in [4.78, 5) is 0.169. The van der Waals surface area contributed by atoms with Gasteiger partial charge in [-0.25, -0.2) is 0 Å². The van der Waals surface area contributed by atoms with E-state index in [9.17, 15) is 0 Å². The highest BCUT2D eigenvalue weighted by Gasteiger charge is 2.16. The maximum absolute atomic E-state index is 5.39. The van der Waals surface area contributed by atoms with Gasteiger partial charge in [0.1, 0.15) is 5.76 Å². The van der Waals surface area contributed by atoms with Crippen LogP contribution in [0.4, 0.5) is 0 Å². The second-order valence-corrected chi connectivity index (χ2v) is 5.28. The number of aryl methyl sites for hydroxylation is 1. The van der Waals surface area contributed by atoms with Gasteiger partial charge in [-0.3, -0.25) is 0 Å². The molecule has 1 unspecified atom stereocenters. The minimum atomic E-state index is 0.169. The van der Waals surface area contributed by atoms with E-state index in [1.54, 1.807) is 6.26 Å². The summed E-state index contributed by atoms with van der Waals surface area (Å²) in [6.07, 6.45) is 1.74. The van der Waals surface area contributed by atoms with Crippen molar-refractivity contribution >= 4 is 26.7 Å². The van der Waals surface area contributed by atoms with E-state index in [0.717, 1.165) is 5.76 Å². The second kappa shape index (κ2) is 4.62. The predicted molar refractivity (Wildman–Crippen MR) is 78.2 cm³/mol. The normalized spacial score (nSPS) is 12.8. The number of alkyl halides is 1. The molecule has 1 heterocycles. The molecule has 0 radical (unpaired) electrons. The number of hydrogen-bond acceptors (Lipinski definition) is 1. The molecule has 18 heavy (non-hydrogen) atoms. The van der Waals surface area contributed by atoms with Gasteiger partial charge in [0.2, 0.25) is 0 Å². The predicted octanol–water partition coefficient (Wildman–Crippen LogP) is 5.23. The number of halogens is 1. The van der Waals surface area contributed by atoms with Crippen LogP contribution in [-0.2, 0) is 0 Å². The van der Waals surface area contributed by atoms with Crippen molar-refractivity contribution in [1.82, 2.24) is 0 Å². The lowest BCUT2D eigenvalue weighted by Gasteiger charge is -2.12. The summed E-state index contributed by atoms with van der Waals surface area (Å²) in [6, 6.07) is 16.9. The zero-order valence-corrected chi connectivity index (χ0v) is 11.6. The molecule has 3 rings (SSSR count). The molecule has 1 nitrogen and oxygen atoms in total. The van der Waals surface area contributed by atoms with Crippen LogP contribution in [0.5, 0.6) is 0 Å². The van der Waals surface area contributed by atoms with Crippen LogP contribution in [0.3, 0.4) is 0 Å². The molecule has 0 aliphatic rings. The molecule has 0 spiro atoms. The van der Waals surface area contributed by atoms with Crippen molar-refractivity contribution in [1.29, 1.82) is 0 Å². The first-order valence-electron chi connectivity index (χ1n) is 5.93. The molecule has 0 aliphatic carbocycles. The molecular formula is C16H13BrO. The minimum absolute atomic E-state index is 0.169. The van der Waals surface area contributed by atoms with Crippen LogP contribution in [0, 0.1) is 6.92 Å². The van der Waals surface area contributed by atoms with Crippen molar-refractivity contribution in [2.75, 3.05) is 0 Å². The van der Waals surface area contributed by atoms with Gasteiger partial charge in [-0.2, -0.15) is 0 Å². The maximum Gasteiger partial charge on any atom is 0.105 e. The lowest BCUT2D eigenvalue weighted by molar-refractivity contribution is 0.530. The first-order valence-corrected chi connectivity index (χ1v) is 6.84. The molecule has 90 valence electrons. The number of fused-ring (bicyclic) bond motifs is 1. The summed E-state index contributed by atoms with van der Waals surface area (Å²) in [7, 11) is 0. The first kappa shape index (κ1) is 11.5.